The van der Waals surface area contributed by atoms with Gasteiger partial charge < -0.3 is 9.80 Å². The Hall–Kier alpha value is -2.36. The Morgan fingerprint density at radius 2 is 1.69 bits per heavy atom. The molecule has 162 valence electrons. The highest BCUT2D eigenvalue weighted by atomic mass is 19.4. The highest BCUT2D eigenvalue weighted by Gasteiger charge is 2.34. The maximum atomic E-state index is 12.9. The Labute approximate surface area is 168 Å². The molecule has 0 spiro atoms. The van der Waals surface area contributed by atoms with Gasteiger partial charge in [-0.1, -0.05) is 0 Å². The van der Waals surface area contributed by atoms with Crippen LogP contribution in [-0.4, -0.2) is 65.4 Å². The van der Waals surface area contributed by atoms with E-state index in [0.717, 1.165) is 12.1 Å². The largest absolute Gasteiger partial charge is 0.416 e. The lowest BCUT2D eigenvalue weighted by Crippen LogP contribution is -2.52. The summed E-state index contributed by atoms with van der Waals surface area (Å²) in [6.45, 7) is 9.85. The standard InChI is InChI=1S/C19H27F3N4O3/c1-13(2)25(14(3)4)18(27)12-23-7-9-24(10-8-23)16-6-5-15(19(20,21)22)11-17(16)26(28)29/h5-6,11,13-14H,7-10,12H2,1-4H3. The number of rotatable bonds is 6. The lowest BCUT2D eigenvalue weighted by Gasteiger charge is -2.38. The Balaban J connectivity index is 2.07. The van der Waals surface area contributed by atoms with E-state index in [9.17, 15) is 28.1 Å². The van der Waals surface area contributed by atoms with Crippen LogP contribution in [0.4, 0.5) is 24.5 Å². The number of hydrogen-bond acceptors (Lipinski definition) is 5. The molecule has 1 aliphatic heterocycles. The average Bonchev–Trinajstić information content (AvgIpc) is 2.60. The first kappa shape index (κ1) is 22.9. The summed E-state index contributed by atoms with van der Waals surface area (Å²) in [5, 5.41) is 11.3. The molecule has 10 heteroatoms. The van der Waals surface area contributed by atoms with Crippen LogP contribution < -0.4 is 4.90 Å². The molecule has 1 aromatic rings. The maximum Gasteiger partial charge on any atom is 0.416 e. The van der Waals surface area contributed by atoms with Crippen molar-refractivity contribution in [1.82, 2.24) is 9.80 Å². The fraction of sp³-hybridized carbons (Fsp3) is 0.632. The summed E-state index contributed by atoms with van der Waals surface area (Å²) in [6, 6.07) is 2.76. The number of benzene rings is 1. The van der Waals surface area contributed by atoms with Gasteiger partial charge in [0.25, 0.3) is 5.69 Å². The molecule has 1 amide bonds. The number of amides is 1. The van der Waals surface area contributed by atoms with Crippen LogP contribution in [0.15, 0.2) is 18.2 Å². The molecule has 0 saturated carbocycles. The van der Waals surface area contributed by atoms with Gasteiger partial charge >= 0.3 is 6.18 Å². The first-order valence-electron chi connectivity index (χ1n) is 9.56. The smallest absolute Gasteiger partial charge is 0.363 e. The maximum absolute atomic E-state index is 12.9. The number of halogens is 3. The van der Waals surface area contributed by atoms with Gasteiger partial charge in [0, 0.05) is 44.3 Å². The third-order valence-corrected chi connectivity index (χ3v) is 4.97. The van der Waals surface area contributed by atoms with Gasteiger partial charge in [0.2, 0.25) is 5.91 Å². The highest BCUT2D eigenvalue weighted by Crippen LogP contribution is 2.36. The number of hydrogen-bond donors (Lipinski definition) is 0. The number of nitro benzene ring substituents is 1. The predicted octanol–water partition coefficient (Wildman–Crippen LogP) is 3.38. The van der Waals surface area contributed by atoms with Crippen molar-refractivity contribution in [3.8, 4) is 0 Å². The molecule has 1 saturated heterocycles. The Morgan fingerprint density at radius 3 is 2.14 bits per heavy atom. The lowest BCUT2D eigenvalue weighted by molar-refractivity contribution is -0.384. The third-order valence-electron chi connectivity index (χ3n) is 4.97. The number of nitrogens with zero attached hydrogens (tertiary/aromatic N) is 4. The van der Waals surface area contributed by atoms with Crippen molar-refractivity contribution in [3.63, 3.8) is 0 Å². The number of alkyl halides is 3. The summed E-state index contributed by atoms with van der Waals surface area (Å²) in [7, 11) is 0. The van der Waals surface area contributed by atoms with Gasteiger partial charge in [-0.3, -0.25) is 19.8 Å². The Bertz CT molecular complexity index is 737. The van der Waals surface area contributed by atoms with Crippen molar-refractivity contribution in [2.75, 3.05) is 37.6 Å². The third kappa shape index (κ3) is 5.59. The fourth-order valence-electron chi connectivity index (χ4n) is 3.71. The molecule has 1 fully saturated rings. The van der Waals surface area contributed by atoms with Gasteiger partial charge in [-0.25, -0.2) is 0 Å². The zero-order chi connectivity index (χ0) is 21.9. The monoisotopic (exact) mass is 416 g/mol. The molecule has 1 aromatic carbocycles. The van der Waals surface area contributed by atoms with Gasteiger partial charge in [0.15, 0.2) is 0 Å². The zero-order valence-corrected chi connectivity index (χ0v) is 17.1. The van der Waals surface area contributed by atoms with Gasteiger partial charge in [-0.2, -0.15) is 13.2 Å². The number of carbonyl (C=O) groups excluding carboxylic acids is 1. The molecule has 0 aliphatic carbocycles. The van der Waals surface area contributed by atoms with Crippen LogP contribution in [0.1, 0.15) is 33.3 Å². The van der Waals surface area contributed by atoms with Crippen molar-refractivity contribution >= 4 is 17.3 Å². The minimum absolute atomic E-state index is 0.0176. The van der Waals surface area contributed by atoms with E-state index in [1.54, 1.807) is 4.90 Å². The molecule has 2 rings (SSSR count). The van der Waals surface area contributed by atoms with Crippen molar-refractivity contribution in [3.05, 3.63) is 33.9 Å². The highest BCUT2D eigenvalue weighted by molar-refractivity contribution is 5.79. The summed E-state index contributed by atoms with van der Waals surface area (Å²) >= 11 is 0. The Morgan fingerprint density at radius 1 is 1.14 bits per heavy atom. The number of piperazine rings is 1. The Kier molecular flexibility index (Phi) is 7.10. The number of nitro groups is 1. The van der Waals surface area contributed by atoms with Gasteiger partial charge in [0.1, 0.15) is 5.69 Å². The molecule has 0 N–H and O–H groups in total. The van der Waals surface area contributed by atoms with E-state index >= 15 is 0 Å². The van der Waals surface area contributed by atoms with E-state index in [0.29, 0.717) is 32.2 Å². The van der Waals surface area contributed by atoms with E-state index in [1.165, 1.54) is 0 Å². The van der Waals surface area contributed by atoms with E-state index in [2.05, 4.69) is 0 Å². The molecule has 0 radical (unpaired) electrons. The molecular weight excluding hydrogens is 389 g/mol. The van der Waals surface area contributed by atoms with Crippen molar-refractivity contribution in [1.29, 1.82) is 0 Å². The summed E-state index contributed by atoms with van der Waals surface area (Å²) in [5.41, 5.74) is -1.44. The molecule has 0 aromatic heterocycles. The van der Waals surface area contributed by atoms with Crippen molar-refractivity contribution in [2.24, 2.45) is 0 Å². The quantitative estimate of drug-likeness (QED) is 0.525. The molecule has 7 nitrogen and oxygen atoms in total. The molecule has 0 bridgehead atoms. The number of carbonyl (C=O) groups is 1. The van der Waals surface area contributed by atoms with Crippen LogP contribution in [0.3, 0.4) is 0 Å². The van der Waals surface area contributed by atoms with E-state index in [4.69, 9.17) is 0 Å². The molecule has 29 heavy (non-hydrogen) atoms. The molecule has 0 unspecified atom stereocenters. The van der Waals surface area contributed by atoms with Crippen LogP contribution in [0.2, 0.25) is 0 Å². The molecule has 1 heterocycles. The van der Waals surface area contributed by atoms with Crippen LogP contribution in [-0.2, 0) is 11.0 Å². The van der Waals surface area contributed by atoms with E-state index in [-0.39, 0.29) is 30.2 Å². The van der Waals surface area contributed by atoms with Gasteiger partial charge in [0.05, 0.1) is 17.0 Å². The first-order chi connectivity index (χ1) is 13.4. The lowest BCUT2D eigenvalue weighted by atomic mass is 10.1. The zero-order valence-electron chi connectivity index (χ0n) is 17.1. The summed E-state index contributed by atoms with van der Waals surface area (Å²) in [5.74, 6) is 0.0176. The van der Waals surface area contributed by atoms with Gasteiger partial charge in [-0.05, 0) is 39.8 Å². The minimum Gasteiger partial charge on any atom is -0.363 e. The minimum atomic E-state index is -4.64. The predicted molar refractivity (Wildman–Crippen MR) is 104 cm³/mol. The summed E-state index contributed by atoms with van der Waals surface area (Å²) < 4.78 is 38.6. The van der Waals surface area contributed by atoms with Crippen LogP contribution in [0.5, 0.6) is 0 Å². The SMILES string of the molecule is CC(C)N(C(=O)CN1CCN(c2ccc(C(F)(F)F)cc2[N+](=O)[O-])CC1)C(C)C. The van der Waals surface area contributed by atoms with Crippen molar-refractivity contribution in [2.45, 2.75) is 46.0 Å². The van der Waals surface area contributed by atoms with Crippen LogP contribution >= 0.6 is 0 Å². The second kappa shape index (κ2) is 8.98. The van der Waals surface area contributed by atoms with E-state index in [1.807, 2.05) is 37.5 Å². The topological polar surface area (TPSA) is 69.9 Å². The molecule has 1 aliphatic rings. The first-order valence-corrected chi connectivity index (χ1v) is 9.56. The van der Waals surface area contributed by atoms with Crippen LogP contribution in [0.25, 0.3) is 0 Å². The van der Waals surface area contributed by atoms with E-state index < -0.39 is 22.4 Å². The molecular formula is C19H27F3N4O3. The fourth-order valence-corrected chi connectivity index (χ4v) is 3.71. The summed E-state index contributed by atoms with van der Waals surface area (Å²) in [4.78, 5) is 28.6. The second-order valence-corrected chi connectivity index (χ2v) is 7.71. The molecule has 0 atom stereocenters. The normalized spacial score (nSPS) is 15.8. The van der Waals surface area contributed by atoms with Crippen molar-refractivity contribution < 1.29 is 22.9 Å². The van der Waals surface area contributed by atoms with Crippen LogP contribution in [0, 0.1) is 10.1 Å². The van der Waals surface area contributed by atoms with Gasteiger partial charge in [-0.15, -0.1) is 0 Å². The summed E-state index contributed by atoms with van der Waals surface area (Å²) in [6.07, 6.45) is -4.64. The number of anilines is 1. The average molecular weight is 416 g/mol. The second-order valence-electron chi connectivity index (χ2n) is 7.71.